The van der Waals surface area contributed by atoms with Gasteiger partial charge >= 0.3 is 0 Å². The number of hydrogen-bond acceptors (Lipinski definition) is 5. The van der Waals surface area contributed by atoms with Gasteiger partial charge in [0.1, 0.15) is 0 Å². The summed E-state index contributed by atoms with van der Waals surface area (Å²) in [5.41, 5.74) is 0.970. The highest BCUT2D eigenvalue weighted by molar-refractivity contribution is 9.10. The average Bonchev–Trinajstić information content (AvgIpc) is 3.02. The van der Waals surface area contributed by atoms with Gasteiger partial charge in [-0.1, -0.05) is 15.9 Å². The number of nitrogens with zero attached hydrogens (tertiary/aromatic N) is 1. The predicted molar refractivity (Wildman–Crippen MR) is 107 cm³/mol. The average molecular weight is 452 g/mol. The van der Waals surface area contributed by atoms with Crippen molar-refractivity contribution in [2.45, 2.75) is 6.04 Å². The molecule has 1 aliphatic heterocycles. The van der Waals surface area contributed by atoms with Gasteiger partial charge in [0.2, 0.25) is 0 Å². The molecular formula is C19H18BrNO5S. The minimum atomic E-state index is -3.32. The molecule has 0 bridgehead atoms. The molecule has 3 rings (SSSR count). The number of benzene rings is 2. The van der Waals surface area contributed by atoms with Crippen LogP contribution in [0.5, 0.6) is 11.5 Å². The fraction of sp³-hybridized carbons (Fsp3) is 0.211. The molecule has 0 spiro atoms. The Bertz CT molecular complexity index is 986. The second-order valence-electron chi connectivity index (χ2n) is 5.95. The molecular weight excluding hydrogens is 434 g/mol. The van der Waals surface area contributed by atoms with E-state index < -0.39 is 15.9 Å². The van der Waals surface area contributed by atoms with E-state index in [0.29, 0.717) is 22.7 Å². The molecule has 0 aromatic heterocycles. The van der Waals surface area contributed by atoms with E-state index in [4.69, 9.17) is 9.47 Å². The van der Waals surface area contributed by atoms with Crippen LogP contribution in [0.3, 0.4) is 0 Å². The molecule has 142 valence electrons. The molecule has 1 amide bonds. The molecule has 1 aliphatic rings. The molecule has 0 saturated heterocycles. The van der Waals surface area contributed by atoms with Crippen LogP contribution in [0.2, 0.25) is 0 Å². The van der Waals surface area contributed by atoms with E-state index >= 15 is 0 Å². The summed E-state index contributed by atoms with van der Waals surface area (Å²) in [6.45, 7) is 0. The Morgan fingerprint density at radius 2 is 1.74 bits per heavy atom. The van der Waals surface area contributed by atoms with Gasteiger partial charge in [0.25, 0.3) is 5.91 Å². The first-order chi connectivity index (χ1) is 12.8. The predicted octanol–water partition coefficient (Wildman–Crippen LogP) is 3.42. The van der Waals surface area contributed by atoms with Crippen molar-refractivity contribution in [3.05, 3.63) is 64.0 Å². The standard InChI is InChI=1S/C19H18BrNO5S/c1-25-17-8-3-13(11-18(17)26-2)19(22)21(15-6-4-14(20)5-7-15)16-9-10-27(23,24)12-16/h3-11,16H,12H2,1-2H3. The van der Waals surface area contributed by atoms with Gasteiger partial charge in [0, 0.05) is 21.1 Å². The summed E-state index contributed by atoms with van der Waals surface area (Å²) < 4.78 is 35.2. The van der Waals surface area contributed by atoms with E-state index in [2.05, 4.69) is 15.9 Å². The monoisotopic (exact) mass is 451 g/mol. The maximum atomic E-state index is 13.3. The molecule has 0 saturated carbocycles. The van der Waals surface area contributed by atoms with Gasteiger partial charge < -0.3 is 14.4 Å². The van der Waals surface area contributed by atoms with E-state index in [0.717, 1.165) is 9.88 Å². The van der Waals surface area contributed by atoms with Crippen LogP contribution in [-0.2, 0) is 9.84 Å². The van der Waals surface area contributed by atoms with Gasteiger partial charge in [-0.2, -0.15) is 0 Å². The van der Waals surface area contributed by atoms with Gasteiger partial charge in [-0.3, -0.25) is 4.79 Å². The maximum Gasteiger partial charge on any atom is 0.258 e. The SMILES string of the molecule is COc1ccc(C(=O)N(c2ccc(Br)cc2)C2C=CS(=O)(=O)C2)cc1OC. The number of sulfone groups is 1. The molecule has 0 aliphatic carbocycles. The number of anilines is 1. The lowest BCUT2D eigenvalue weighted by atomic mass is 10.1. The number of amides is 1. The van der Waals surface area contributed by atoms with Crippen LogP contribution in [-0.4, -0.2) is 40.3 Å². The third-order valence-corrected chi connectivity index (χ3v) is 6.10. The maximum absolute atomic E-state index is 13.3. The first kappa shape index (κ1) is 19.4. The summed E-state index contributed by atoms with van der Waals surface area (Å²) in [7, 11) is -0.318. The Morgan fingerprint density at radius 3 is 2.30 bits per heavy atom. The number of hydrogen-bond donors (Lipinski definition) is 0. The zero-order valence-corrected chi connectivity index (χ0v) is 17.2. The van der Waals surface area contributed by atoms with E-state index in [1.807, 2.05) is 0 Å². The van der Waals surface area contributed by atoms with Gasteiger partial charge in [-0.05, 0) is 48.5 Å². The van der Waals surface area contributed by atoms with Crippen LogP contribution in [0.15, 0.2) is 58.4 Å². The van der Waals surface area contributed by atoms with Crippen molar-refractivity contribution < 1.29 is 22.7 Å². The first-order valence-corrected chi connectivity index (χ1v) is 10.6. The van der Waals surface area contributed by atoms with Crippen LogP contribution in [0, 0.1) is 0 Å². The summed E-state index contributed by atoms with van der Waals surface area (Å²) in [6.07, 6.45) is 1.54. The van der Waals surface area contributed by atoms with Crippen molar-refractivity contribution in [1.29, 1.82) is 0 Å². The van der Waals surface area contributed by atoms with Crippen molar-refractivity contribution in [2.24, 2.45) is 0 Å². The molecule has 0 N–H and O–H groups in total. The first-order valence-electron chi connectivity index (χ1n) is 8.07. The van der Waals surface area contributed by atoms with Crippen molar-refractivity contribution in [2.75, 3.05) is 24.9 Å². The highest BCUT2D eigenvalue weighted by atomic mass is 79.9. The summed E-state index contributed by atoms with van der Waals surface area (Å²) in [6, 6.07) is 11.4. The Labute approximate surface area is 166 Å². The number of carbonyl (C=O) groups excluding carboxylic acids is 1. The van der Waals surface area contributed by atoms with Crippen LogP contribution in [0.1, 0.15) is 10.4 Å². The summed E-state index contributed by atoms with van der Waals surface area (Å²) in [5.74, 6) is 0.452. The number of halogens is 1. The second-order valence-corrected chi connectivity index (χ2v) is 8.79. The normalized spacial score (nSPS) is 17.5. The van der Waals surface area contributed by atoms with E-state index in [9.17, 15) is 13.2 Å². The Morgan fingerprint density at radius 1 is 1.07 bits per heavy atom. The minimum absolute atomic E-state index is 0.151. The lowest BCUT2D eigenvalue weighted by Gasteiger charge is -2.28. The fourth-order valence-corrected chi connectivity index (χ4v) is 4.42. The molecule has 1 atom stereocenters. The van der Waals surface area contributed by atoms with Gasteiger partial charge in [-0.25, -0.2) is 8.42 Å². The largest absolute Gasteiger partial charge is 0.493 e. The van der Waals surface area contributed by atoms with Crippen LogP contribution < -0.4 is 14.4 Å². The van der Waals surface area contributed by atoms with E-state index in [-0.39, 0.29) is 11.7 Å². The zero-order valence-electron chi connectivity index (χ0n) is 14.8. The molecule has 8 heteroatoms. The molecule has 27 heavy (non-hydrogen) atoms. The third-order valence-electron chi connectivity index (χ3n) is 4.20. The second kappa shape index (κ2) is 7.74. The smallest absolute Gasteiger partial charge is 0.258 e. The number of ether oxygens (including phenoxy) is 2. The summed E-state index contributed by atoms with van der Waals surface area (Å²) >= 11 is 3.37. The number of carbonyl (C=O) groups is 1. The van der Waals surface area contributed by atoms with Crippen molar-refractivity contribution in [1.82, 2.24) is 0 Å². The summed E-state index contributed by atoms with van der Waals surface area (Å²) in [5, 5.41) is 1.16. The lowest BCUT2D eigenvalue weighted by Crippen LogP contribution is -2.41. The molecule has 0 fully saturated rings. The van der Waals surface area contributed by atoms with Crippen molar-refractivity contribution in [3.63, 3.8) is 0 Å². The Hall–Kier alpha value is -2.32. The topological polar surface area (TPSA) is 72.9 Å². The lowest BCUT2D eigenvalue weighted by molar-refractivity contribution is 0.0982. The molecule has 6 nitrogen and oxygen atoms in total. The van der Waals surface area contributed by atoms with Crippen molar-refractivity contribution in [3.8, 4) is 11.5 Å². The van der Waals surface area contributed by atoms with Gasteiger partial charge in [0.15, 0.2) is 21.3 Å². The molecule has 2 aromatic rings. The Balaban J connectivity index is 2.03. The van der Waals surface area contributed by atoms with Crippen LogP contribution >= 0.6 is 15.9 Å². The van der Waals surface area contributed by atoms with E-state index in [1.165, 1.54) is 25.2 Å². The quantitative estimate of drug-likeness (QED) is 0.695. The fourth-order valence-electron chi connectivity index (χ4n) is 2.89. The third kappa shape index (κ3) is 4.17. The van der Waals surface area contributed by atoms with E-state index in [1.54, 1.807) is 42.5 Å². The van der Waals surface area contributed by atoms with Gasteiger partial charge in [0.05, 0.1) is 26.0 Å². The highest BCUT2D eigenvalue weighted by Gasteiger charge is 2.32. The zero-order chi connectivity index (χ0) is 19.6. The van der Waals surface area contributed by atoms with Crippen LogP contribution in [0.4, 0.5) is 5.69 Å². The number of methoxy groups -OCH3 is 2. The number of rotatable bonds is 5. The molecule has 1 unspecified atom stereocenters. The molecule has 2 aromatic carbocycles. The summed E-state index contributed by atoms with van der Waals surface area (Å²) in [4.78, 5) is 14.8. The van der Waals surface area contributed by atoms with Crippen molar-refractivity contribution >= 4 is 37.4 Å². The van der Waals surface area contributed by atoms with Gasteiger partial charge in [-0.15, -0.1) is 0 Å². The van der Waals surface area contributed by atoms with Crippen LogP contribution in [0.25, 0.3) is 0 Å². The Kier molecular flexibility index (Phi) is 5.57. The molecule has 1 heterocycles. The molecule has 0 radical (unpaired) electrons. The minimum Gasteiger partial charge on any atom is -0.493 e. The highest BCUT2D eigenvalue weighted by Crippen LogP contribution is 2.31.